The first-order valence-electron chi connectivity index (χ1n) is 9.24. The number of carbonyl (C=O) groups is 2. The van der Waals surface area contributed by atoms with Crippen LogP contribution in [-0.4, -0.2) is 34.2 Å². The van der Waals surface area contributed by atoms with E-state index in [0.29, 0.717) is 28.0 Å². The fourth-order valence-electron chi connectivity index (χ4n) is 2.92. The molecule has 3 aromatic rings. The maximum atomic E-state index is 12.3. The zero-order valence-electron chi connectivity index (χ0n) is 16.8. The third-order valence-corrected chi connectivity index (χ3v) is 5.90. The van der Waals surface area contributed by atoms with Crippen molar-refractivity contribution in [1.29, 1.82) is 5.26 Å². The lowest BCUT2D eigenvalue weighted by Crippen LogP contribution is -2.14. The second-order valence-corrected chi connectivity index (χ2v) is 8.39. The Morgan fingerprint density at radius 1 is 1.27 bits per heavy atom. The highest BCUT2D eigenvalue weighted by molar-refractivity contribution is 8.00. The van der Waals surface area contributed by atoms with Crippen LogP contribution in [0.4, 0.5) is 5.13 Å². The largest absolute Gasteiger partial charge is 0.466 e. The number of nitriles is 1. The summed E-state index contributed by atoms with van der Waals surface area (Å²) < 4.78 is 4.89. The topological polar surface area (TPSA) is 105 Å². The zero-order chi connectivity index (χ0) is 21.7. The van der Waals surface area contributed by atoms with E-state index in [0.717, 1.165) is 22.0 Å². The van der Waals surface area contributed by atoms with Crippen molar-refractivity contribution >= 4 is 51.0 Å². The van der Waals surface area contributed by atoms with Crippen molar-refractivity contribution in [2.75, 3.05) is 17.7 Å². The van der Waals surface area contributed by atoms with Crippen LogP contribution < -0.4 is 5.32 Å². The molecule has 0 aliphatic carbocycles. The minimum atomic E-state index is -0.354. The van der Waals surface area contributed by atoms with E-state index in [4.69, 9.17) is 4.74 Å². The van der Waals surface area contributed by atoms with Crippen LogP contribution in [0.25, 0.3) is 10.9 Å². The number of carbonyl (C=O) groups excluding carboxylic acids is 2. The Morgan fingerprint density at radius 2 is 2.07 bits per heavy atom. The number of anilines is 1. The molecule has 0 bridgehead atoms. The molecule has 2 heterocycles. The first-order valence-corrected chi connectivity index (χ1v) is 11.1. The SMILES string of the molecule is CCOC(=O)Cc1csc(NC(=O)CSc2nc3c(C)cc(C)cc3cc2C#N)n1. The van der Waals surface area contributed by atoms with E-state index in [1.54, 1.807) is 12.3 Å². The van der Waals surface area contributed by atoms with E-state index in [9.17, 15) is 14.9 Å². The van der Waals surface area contributed by atoms with Gasteiger partial charge in [-0.05, 0) is 38.5 Å². The highest BCUT2D eigenvalue weighted by Crippen LogP contribution is 2.27. The first-order chi connectivity index (χ1) is 14.4. The van der Waals surface area contributed by atoms with Gasteiger partial charge in [0.25, 0.3) is 0 Å². The van der Waals surface area contributed by atoms with E-state index in [1.165, 1.54) is 23.1 Å². The van der Waals surface area contributed by atoms with Crippen molar-refractivity contribution in [3.8, 4) is 6.07 Å². The molecular formula is C21H20N4O3S2. The Kier molecular flexibility index (Phi) is 7.03. The summed E-state index contributed by atoms with van der Waals surface area (Å²) in [6.07, 6.45) is 0.0698. The van der Waals surface area contributed by atoms with Crippen molar-refractivity contribution in [3.05, 3.63) is 46.0 Å². The number of rotatable bonds is 7. The molecule has 0 spiro atoms. The number of nitrogens with zero attached hydrogens (tertiary/aromatic N) is 3. The van der Waals surface area contributed by atoms with Crippen LogP contribution in [0.15, 0.2) is 28.6 Å². The molecule has 0 saturated heterocycles. The molecule has 3 rings (SSSR count). The van der Waals surface area contributed by atoms with E-state index in [2.05, 4.69) is 21.4 Å². The lowest BCUT2D eigenvalue weighted by Gasteiger charge is -2.08. The molecule has 0 saturated carbocycles. The Hall–Kier alpha value is -2.96. The number of aromatic nitrogens is 2. The molecule has 0 aliphatic rings. The lowest BCUT2D eigenvalue weighted by molar-refractivity contribution is -0.142. The van der Waals surface area contributed by atoms with Gasteiger partial charge in [-0.3, -0.25) is 9.59 Å². The van der Waals surface area contributed by atoms with Crippen molar-refractivity contribution in [2.24, 2.45) is 0 Å². The minimum absolute atomic E-state index is 0.0698. The van der Waals surface area contributed by atoms with Crippen LogP contribution in [-0.2, 0) is 20.7 Å². The van der Waals surface area contributed by atoms with Crippen molar-refractivity contribution < 1.29 is 14.3 Å². The van der Waals surface area contributed by atoms with E-state index in [1.807, 2.05) is 32.0 Å². The number of thiazole rings is 1. The van der Waals surface area contributed by atoms with Gasteiger partial charge in [0.05, 0.1) is 35.6 Å². The van der Waals surface area contributed by atoms with Gasteiger partial charge in [-0.25, -0.2) is 9.97 Å². The number of benzene rings is 1. The Labute approximate surface area is 182 Å². The highest BCUT2D eigenvalue weighted by atomic mass is 32.2. The molecule has 30 heavy (non-hydrogen) atoms. The summed E-state index contributed by atoms with van der Waals surface area (Å²) in [6, 6.07) is 8.01. The molecule has 0 fully saturated rings. The van der Waals surface area contributed by atoms with Gasteiger partial charge in [-0.15, -0.1) is 11.3 Å². The predicted molar refractivity (Wildman–Crippen MR) is 118 cm³/mol. The molecule has 1 amide bonds. The zero-order valence-corrected chi connectivity index (χ0v) is 18.4. The fraction of sp³-hybridized carbons (Fsp3) is 0.286. The molecule has 0 unspecified atom stereocenters. The predicted octanol–water partition coefficient (Wildman–Crippen LogP) is 4.02. The van der Waals surface area contributed by atoms with Crippen LogP contribution >= 0.6 is 23.1 Å². The molecule has 0 atom stereocenters. The van der Waals surface area contributed by atoms with Crippen molar-refractivity contribution in [2.45, 2.75) is 32.2 Å². The van der Waals surface area contributed by atoms with Crippen molar-refractivity contribution in [3.63, 3.8) is 0 Å². The molecule has 1 N–H and O–H groups in total. The van der Waals surface area contributed by atoms with Crippen LogP contribution in [0.3, 0.4) is 0 Å². The average Bonchev–Trinajstić information content (AvgIpc) is 3.12. The Balaban J connectivity index is 1.66. The molecule has 0 radical (unpaired) electrons. The molecule has 1 aromatic carbocycles. The quantitative estimate of drug-likeness (QED) is 0.437. The van der Waals surface area contributed by atoms with E-state index < -0.39 is 0 Å². The second-order valence-electron chi connectivity index (χ2n) is 6.57. The maximum Gasteiger partial charge on any atom is 0.311 e. The number of ether oxygens (including phenoxy) is 1. The molecule has 0 aliphatic heterocycles. The van der Waals surface area contributed by atoms with Gasteiger partial charge in [0.2, 0.25) is 5.91 Å². The molecular weight excluding hydrogens is 420 g/mol. The van der Waals surface area contributed by atoms with Crippen LogP contribution in [0.1, 0.15) is 29.3 Å². The number of nitrogens with one attached hydrogen (secondary N) is 1. The van der Waals surface area contributed by atoms with Gasteiger partial charge >= 0.3 is 5.97 Å². The van der Waals surface area contributed by atoms with E-state index >= 15 is 0 Å². The van der Waals surface area contributed by atoms with Crippen molar-refractivity contribution in [1.82, 2.24) is 9.97 Å². The monoisotopic (exact) mass is 440 g/mol. The van der Waals surface area contributed by atoms with Gasteiger partial charge in [-0.1, -0.05) is 23.4 Å². The molecule has 7 nitrogen and oxygen atoms in total. The number of hydrogen-bond acceptors (Lipinski definition) is 8. The summed E-state index contributed by atoms with van der Waals surface area (Å²) in [5.41, 5.74) is 3.95. The van der Waals surface area contributed by atoms with E-state index in [-0.39, 0.29) is 24.1 Å². The number of esters is 1. The minimum Gasteiger partial charge on any atom is -0.466 e. The molecule has 154 valence electrons. The number of hydrogen-bond donors (Lipinski definition) is 1. The molecule has 2 aromatic heterocycles. The fourth-order valence-corrected chi connectivity index (χ4v) is 4.40. The standard InChI is InChI=1S/C21H20N4O3S2/c1-4-28-18(27)8-16-10-30-21(23-16)24-17(26)11-29-20-15(9-22)7-14-6-12(2)5-13(3)19(14)25-20/h5-7,10H,4,8,11H2,1-3H3,(H,23,24,26). The van der Waals surface area contributed by atoms with Crippen LogP contribution in [0.2, 0.25) is 0 Å². The molecule has 9 heteroatoms. The van der Waals surface area contributed by atoms with Gasteiger partial charge in [0.1, 0.15) is 11.1 Å². The van der Waals surface area contributed by atoms with Crippen LogP contribution in [0, 0.1) is 25.2 Å². The first kappa shape index (κ1) is 21.7. The average molecular weight is 441 g/mol. The number of thioether (sulfide) groups is 1. The summed E-state index contributed by atoms with van der Waals surface area (Å²) in [4.78, 5) is 32.7. The summed E-state index contributed by atoms with van der Waals surface area (Å²) >= 11 is 2.45. The van der Waals surface area contributed by atoms with Gasteiger partial charge in [0, 0.05) is 10.8 Å². The Morgan fingerprint density at radius 3 is 2.80 bits per heavy atom. The Bertz CT molecular complexity index is 1150. The third kappa shape index (κ3) is 5.34. The second kappa shape index (κ2) is 9.69. The van der Waals surface area contributed by atoms with Gasteiger partial charge in [-0.2, -0.15) is 5.26 Å². The summed E-state index contributed by atoms with van der Waals surface area (Å²) in [5.74, 6) is -0.526. The van der Waals surface area contributed by atoms with Gasteiger partial charge < -0.3 is 10.1 Å². The smallest absolute Gasteiger partial charge is 0.311 e. The summed E-state index contributed by atoms with van der Waals surface area (Å²) in [7, 11) is 0. The number of amides is 1. The number of fused-ring (bicyclic) bond motifs is 1. The number of pyridine rings is 1. The van der Waals surface area contributed by atoms with Crippen LogP contribution in [0.5, 0.6) is 0 Å². The third-order valence-electron chi connectivity index (χ3n) is 4.11. The lowest BCUT2D eigenvalue weighted by atomic mass is 10.1. The summed E-state index contributed by atoms with van der Waals surface area (Å²) in [6.45, 7) is 6.04. The summed E-state index contributed by atoms with van der Waals surface area (Å²) in [5, 5.41) is 15.8. The van der Waals surface area contributed by atoms with Gasteiger partial charge in [0.15, 0.2) is 5.13 Å². The maximum absolute atomic E-state index is 12.3. The highest BCUT2D eigenvalue weighted by Gasteiger charge is 2.14. The normalized spacial score (nSPS) is 10.6. The number of aryl methyl sites for hydroxylation is 2.